The van der Waals surface area contributed by atoms with Gasteiger partial charge in [-0.25, -0.2) is 24.9 Å². The first-order chi connectivity index (χ1) is 20.6. The van der Waals surface area contributed by atoms with Crippen LogP contribution >= 0.6 is 11.6 Å². The van der Waals surface area contributed by atoms with Crippen LogP contribution in [0.1, 0.15) is 5.56 Å². The minimum atomic E-state index is 0.217. The molecule has 5 heterocycles. The molecule has 0 saturated carbocycles. The molecule has 1 aliphatic heterocycles. The van der Waals surface area contributed by atoms with E-state index in [0.29, 0.717) is 17.6 Å². The maximum absolute atomic E-state index is 6.31. The van der Waals surface area contributed by atoms with Gasteiger partial charge in [-0.05, 0) is 53.6 Å². The SMILES string of the molecule is Nc1ncccc1-c1nc2ccc(-c3ccccc3)nc2n1-c1ccc(CN2CCN(c3ncnc(Cl)n3)CC2)cc1. The first-order valence-electron chi connectivity index (χ1n) is 13.7. The Balaban J connectivity index is 1.18. The molecule has 0 amide bonds. The normalized spacial score (nSPS) is 14.0. The van der Waals surface area contributed by atoms with E-state index in [1.54, 1.807) is 6.20 Å². The lowest BCUT2D eigenvalue weighted by Gasteiger charge is -2.34. The molecule has 0 unspecified atom stereocenters. The summed E-state index contributed by atoms with van der Waals surface area (Å²) >= 11 is 5.95. The third-order valence-corrected chi connectivity index (χ3v) is 7.62. The van der Waals surface area contributed by atoms with Crippen molar-refractivity contribution in [1.29, 1.82) is 0 Å². The maximum Gasteiger partial charge on any atom is 0.229 e. The Labute approximate surface area is 247 Å². The molecule has 0 spiro atoms. The molecule has 6 aromatic rings. The van der Waals surface area contributed by atoms with Crippen LogP contribution in [0.2, 0.25) is 5.28 Å². The average Bonchev–Trinajstić information content (AvgIpc) is 3.41. The lowest BCUT2D eigenvalue weighted by molar-refractivity contribution is 0.248. The number of benzene rings is 2. The van der Waals surface area contributed by atoms with Crippen molar-refractivity contribution in [2.75, 3.05) is 36.8 Å². The number of aromatic nitrogens is 7. The van der Waals surface area contributed by atoms with Gasteiger partial charge in [0.25, 0.3) is 0 Å². The number of piperazine rings is 1. The van der Waals surface area contributed by atoms with Crippen molar-refractivity contribution >= 4 is 34.5 Å². The monoisotopic (exact) mass is 574 g/mol. The minimum absolute atomic E-state index is 0.217. The molecule has 0 aliphatic carbocycles. The van der Waals surface area contributed by atoms with Crippen LogP contribution in [0.15, 0.2) is 91.4 Å². The number of pyridine rings is 2. The van der Waals surface area contributed by atoms with Gasteiger partial charge in [-0.3, -0.25) is 9.47 Å². The summed E-state index contributed by atoms with van der Waals surface area (Å²) < 4.78 is 2.07. The molecule has 0 radical (unpaired) electrons. The van der Waals surface area contributed by atoms with Crippen molar-refractivity contribution in [3.05, 3.63) is 102 Å². The van der Waals surface area contributed by atoms with Gasteiger partial charge < -0.3 is 10.6 Å². The number of hydrogen-bond acceptors (Lipinski definition) is 9. The van der Waals surface area contributed by atoms with Crippen molar-refractivity contribution < 1.29 is 0 Å². The van der Waals surface area contributed by atoms with Crippen molar-refractivity contribution in [2.45, 2.75) is 6.54 Å². The summed E-state index contributed by atoms with van der Waals surface area (Å²) in [5.41, 5.74) is 12.7. The fourth-order valence-corrected chi connectivity index (χ4v) is 5.41. The number of halogens is 1. The summed E-state index contributed by atoms with van der Waals surface area (Å²) in [6.07, 6.45) is 3.14. The second kappa shape index (κ2) is 11.2. The van der Waals surface area contributed by atoms with Crippen molar-refractivity contribution in [3.8, 4) is 28.3 Å². The number of nitrogen functional groups attached to an aromatic ring is 1. The molecule has 11 heteroatoms. The number of fused-ring (bicyclic) bond motifs is 1. The molecular formula is C31H27ClN10. The van der Waals surface area contributed by atoms with Crippen LogP contribution in [0.25, 0.3) is 39.5 Å². The summed E-state index contributed by atoms with van der Waals surface area (Å²) in [7, 11) is 0. The van der Waals surface area contributed by atoms with E-state index in [2.05, 4.69) is 70.7 Å². The lowest BCUT2D eigenvalue weighted by Crippen LogP contribution is -2.46. The third kappa shape index (κ3) is 5.13. The molecule has 0 bridgehead atoms. The lowest BCUT2D eigenvalue weighted by atomic mass is 10.1. The van der Waals surface area contributed by atoms with E-state index in [9.17, 15) is 0 Å². The van der Waals surface area contributed by atoms with Crippen LogP contribution in [0.5, 0.6) is 0 Å². The van der Waals surface area contributed by atoms with Gasteiger partial charge in [0, 0.05) is 50.2 Å². The number of imidazole rings is 1. The summed E-state index contributed by atoms with van der Waals surface area (Å²) in [6.45, 7) is 4.28. The predicted molar refractivity (Wildman–Crippen MR) is 164 cm³/mol. The highest BCUT2D eigenvalue weighted by Gasteiger charge is 2.21. The molecule has 0 atom stereocenters. The zero-order valence-corrected chi connectivity index (χ0v) is 23.4. The highest BCUT2D eigenvalue weighted by atomic mass is 35.5. The summed E-state index contributed by atoms with van der Waals surface area (Å²) in [6, 6.07) is 26.5. The van der Waals surface area contributed by atoms with Gasteiger partial charge in [0.05, 0.1) is 11.3 Å². The van der Waals surface area contributed by atoms with Crippen LogP contribution in [0, 0.1) is 0 Å². The van der Waals surface area contributed by atoms with Gasteiger partial charge in [0.1, 0.15) is 17.7 Å². The van der Waals surface area contributed by atoms with Gasteiger partial charge in [-0.15, -0.1) is 0 Å². The summed E-state index contributed by atoms with van der Waals surface area (Å²) in [5.74, 6) is 1.75. The first kappa shape index (κ1) is 26.0. The number of nitrogens with zero attached hydrogens (tertiary/aromatic N) is 9. The van der Waals surface area contributed by atoms with Crippen LogP contribution in [0.4, 0.5) is 11.8 Å². The topological polar surface area (TPSA) is 115 Å². The second-order valence-corrected chi connectivity index (χ2v) is 10.4. The molecule has 10 nitrogen and oxygen atoms in total. The molecule has 1 aliphatic rings. The van der Waals surface area contributed by atoms with E-state index in [1.807, 2.05) is 42.5 Å². The largest absolute Gasteiger partial charge is 0.383 e. The zero-order chi connectivity index (χ0) is 28.5. The number of hydrogen-bond donors (Lipinski definition) is 1. The molecule has 1 fully saturated rings. The summed E-state index contributed by atoms with van der Waals surface area (Å²) in [5, 5.41) is 0.217. The Bertz CT molecular complexity index is 1850. The van der Waals surface area contributed by atoms with Crippen LogP contribution in [-0.4, -0.2) is 65.5 Å². The molecular weight excluding hydrogens is 548 g/mol. The molecule has 2 N–H and O–H groups in total. The molecule has 2 aromatic carbocycles. The number of anilines is 2. The molecule has 7 rings (SSSR count). The molecule has 4 aromatic heterocycles. The Morgan fingerprint density at radius 3 is 2.33 bits per heavy atom. The van der Waals surface area contributed by atoms with Crippen LogP contribution in [0.3, 0.4) is 0 Å². The fourth-order valence-electron chi connectivity index (χ4n) is 5.29. The zero-order valence-electron chi connectivity index (χ0n) is 22.7. The summed E-state index contributed by atoms with van der Waals surface area (Å²) in [4.78, 5) is 31.3. The van der Waals surface area contributed by atoms with E-state index < -0.39 is 0 Å². The minimum Gasteiger partial charge on any atom is -0.383 e. The fraction of sp³-hybridized carbons (Fsp3) is 0.161. The quantitative estimate of drug-likeness (QED) is 0.297. The predicted octanol–water partition coefficient (Wildman–Crippen LogP) is 4.89. The molecule has 42 heavy (non-hydrogen) atoms. The highest BCUT2D eigenvalue weighted by molar-refractivity contribution is 6.28. The van der Waals surface area contributed by atoms with E-state index >= 15 is 0 Å². The van der Waals surface area contributed by atoms with Gasteiger partial charge in [-0.1, -0.05) is 42.5 Å². The molecule has 1 saturated heterocycles. The third-order valence-electron chi connectivity index (χ3n) is 7.44. The second-order valence-electron chi connectivity index (χ2n) is 10.1. The smallest absolute Gasteiger partial charge is 0.229 e. The maximum atomic E-state index is 6.31. The van der Waals surface area contributed by atoms with Gasteiger partial charge >= 0.3 is 0 Å². The van der Waals surface area contributed by atoms with Gasteiger partial charge in [-0.2, -0.15) is 4.98 Å². The Morgan fingerprint density at radius 2 is 1.57 bits per heavy atom. The van der Waals surface area contributed by atoms with Gasteiger partial charge in [0.15, 0.2) is 11.5 Å². The van der Waals surface area contributed by atoms with Crippen molar-refractivity contribution in [1.82, 2.24) is 39.4 Å². The van der Waals surface area contributed by atoms with Crippen LogP contribution < -0.4 is 10.6 Å². The van der Waals surface area contributed by atoms with E-state index in [1.165, 1.54) is 11.9 Å². The Kier molecular flexibility index (Phi) is 6.90. The van der Waals surface area contributed by atoms with Crippen LogP contribution in [-0.2, 0) is 6.54 Å². The Morgan fingerprint density at radius 1 is 0.762 bits per heavy atom. The Hall–Kier alpha value is -4.93. The van der Waals surface area contributed by atoms with Crippen molar-refractivity contribution in [3.63, 3.8) is 0 Å². The first-order valence-corrected chi connectivity index (χ1v) is 14.1. The highest BCUT2D eigenvalue weighted by Crippen LogP contribution is 2.32. The van der Waals surface area contributed by atoms with E-state index in [4.69, 9.17) is 27.3 Å². The van der Waals surface area contributed by atoms with E-state index in [0.717, 1.165) is 66.4 Å². The average molecular weight is 575 g/mol. The van der Waals surface area contributed by atoms with Crippen molar-refractivity contribution in [2.24, 2.45) is 0 Å². The standard InChI is InChI=1S/C31H27ClN10/c32-30-35-20-36-31(39-30)41-17-15-40(16-18-41)19-21-8-10-23(11-9-21)42-28(24-7-4-14-34-27(24)33)38-26-13-12-25(37-29(26)42)22-5-2-1-3-6-22/h1-14,20H,15-19H2,(H2,33,34). The number of nitrogens with two attached hydrogens (primary N) is 1. The van der Waals surface area contributed by atoms with Gasteiger partial charge in [0.2, 0.25) is 11.2 Å². The molecule has 208 valence electrons. The van der Waals surface area contributed by atoms with E-state index in [-0.39, 0.29) is 5.28 Å². The number of rotatable bonds is 6.